The molecule has 1 rings (SSSR count). The molecule has 0 spiro atoms. The van der Waals surface area contributed by atoms with Crippen molar-refractivity contribution in [2.24, 2.45) is 5.73 Å². The molecule has 0 saturated carbocycles. The Morgan fingerprint density at radius 2 is 2.00 bits per heavy atom. The summed E-state index contributed by atoms with van der Waals surface area (Å²) in [6.45, 7) is 1.72. The minimum Gasteiger partial charge on any atom is -0.496 e. The first-order chi connectivity index (χ1) is 9.37. The second-order valence-electron chi connectivity index (χ2n) is 3.28. The van der Waals surface area contributed by atoms with Crippen LogP contribution in [0.3, 0.4) is 0 Å². The van der Waals surface area contributed by atoms with Crippen molar-refractivity contribution in [1.82, 2.24) is 0 Å². The maximum absolute atomic E-state index is 7.13. The highest BCUT2D eigenvalue weighted by molar-refractivity contribution is 6.32. The Hall–Kier alpha value is -0.640. The fourth-order valence-corrected chi connectivity index (χ4v) is 1.45. The molecule has 1 unspecified atom stereocenters. The monoisotopic (exact) mass is 271 g/mol. The van der Waals surface area contributed by atoms with E-state index in [1.807, 2.05) is 0 Å². The number of rotatable bonds is 4. The van der Waals surface area contributed by atoms with Gasteiger partial charge in [-0.05, 0) is 25.0 Å². The van der Waals surface area contributed by atoms with Crippen LogP contribution in [0.1, 0.15) is 20.7 Å². The molecule has 0 saturated heterocycles. The molecule has 2 N–H and O–H groups in total. The van der Waals surface area contributed by atoms with E-state index in [1.54, 1.807) is 6.92 Å². The standard InChI is InChI=1S/C11H16ClNO2.ClH/c1-7(13)4-8-5-11(15-3)9(12)6-10(8)14-2;/h5-7H,4,13H2,1-3H3;1H/i2D3,3D3;. The first-order valence-electron chi connectivity index (χ1n) is 7.33. The summed E-state index contributed by atoms with van der Waals surface area (Å²) < 4.78 is 52.3. The molecule has 1 aromatic rings. The number of benzene rings is 1. The summed E-state index contributed by atoms with van der Waals surface area (Å²) in [7, 11) is -5.32. The van der Waals surface area contributed by atoms with Gasteiger partial charge in [0.15, 0.2) is 0 Å². The molecule has 0 radical (unpaired) electrons. The summed E-state index contributed by atoms with van der Waals surface area (Å²) in [5.74, 6) is -0.0552. The Morgan fingerprint density at radius 3 is 2.56 bits per heavy atom. The van der Waals surface area contributed by atoms with E-state index in [1.165, 1.54) is 12.1 Å². The van der Waals surface area contributed by atoms with Crippen LogP contribution in [0.15, 0.2) is 12.1 Å². The third-order valence-electron chi connectivity index (χ3n) is 1.88. The molecule has 0 aromatic heterocycles. The van der Waals surface area contributed by atoms with Gasteiger partial charge in [-0.15, -0.1) is 12.4 Å². The summed E-state index contributed by atoms with van der Waals surface area (Å²) in [4.78, 5) is 0. The van der Waals surface area contributed by atoms with Gasteiger partial charge in [0, 0.05) is 12.1 Å². The van der Waals surface area contributed by atoms with Gasteiger partial charge in [0.25, 0.3) is 0 Å². The normalized spacial score (nSPS) is 18.7. The minimum atomic E-state index is -2.67. The maximum Gasteiger partial charge on any atom is 0.137 e. The number of hydrogen-bond acceptors (Lipinski definition) is 3. The minimum absolute atomic E-state index is 0. The molecule has 16 heavy (non-hydrogen) atoms. The number of ether oxygens (including phenoxy) is 2. The molecule has 92 valence electrons. The van der Waals surface area contributed by atoms with Gasteiger partial charge in [-0.3, -0.25) is 0 Å². The predicted octanol–water partition coefficient (Wildman–Crippen LogP) is 2.67. The molecule has 3 nitrogen and oxygen atoms in total. The molecule has 0 bridgehead atoms. The Balaban J connectivity index is 0.00000441. The lowest BCUT2D eigenvalue weighted by atomic mass is 10.1. The highest BCUT2D eigenvalue weighted by atomic mass is 35.5. The average molecular weight is 272 g/mol. The number of nitrogens with two attached hydrogens (primary N) is 1. The lowest BCUT2D eigenvalue weighted by molar-refractivity contribution is 0.398. The van der Waals surface area contributed by atoms with Gasteiger partial charge in [0.2, 0.25) is 0 Å². The molecule has 0 amide bonds. The summed E-state index contributed by atoms with van der Waals surface area (Å²) >= 11 is 5.90. The van der Waals surface area contributed by atoms with Crippen LogP contribution in [-0.4, -0.2) is 20.1 Å². The van der Waals surface area contributed by atoms with Crippen LogP contribution < -0.4 is 15.2 Å². The molecule has 0 aliphatic heterocycles. The van der Waals surface area contributed by atoms with Crippen molar-refractivity contribution in [3.8, 4) is 11.5 Å². The Morgan fingerprint density at radius 1 is 1.38 bits per heavy atom. The van der Waals surface area contributed by atoms with E-state index in [4.69, 9.17) is 35.0 Å². The van der Waals surface area contributed by atoms with Crippen LogP contribution in [0.4, 0.5) is 0 Å². The number of halogens is 2. The quantitative estimate of drug-likeness (QED) is 0.916. The molecule has 1 atom stereocenters. The highest BCUT2D eigenvalue weighted by Gasteiger charge is 2.10. The van der Waals surface area contributed by atoms with E-state index in [9.17, 15) is 0 Å². The van der Waals surface area contributed by atoms with Crippen LogP contribution in [0.2, 0.25) is 5.02 Å². The summed E-state index contributed by atoms with van der Waals surface area (Å²) in [5.41, 5.74) is 6.10. The largest absolute Gasteiger partial charge is 0.496 e. The molecule has 0 fully saturated rings. The second-order valence-corrected chi connectivity index (χ2v) is 3.68. The van der Waals surface area contributed by atoms with Crippen molar-refractivity contribution in [1.29, 1.82) is 0 Å². The van der Waals surface area contributed by atoms with Crippen molar-refractivity contribution >= 4 is 24.0 Å². The lowest BCUT2D eigenvalue weighted by Crippen LogP contribution is -2.18. The third kappa shape index (κ3) is 3.74. The molecule has 5 heteroatoms. The lowest BCUT2D eigenvalue weighted by Gasteiger charge is -2.13. The van der Waals surface area contributed by atoms with E-state index in [0.717, 1.165) is 0 Å². The second kappa shape index (κ2) is 6.84. The van der Waals surface area contributed by atoms with E-state index < -0.39 is 14.1 Å². The zero-order chi connectivity index (χ0) is 16.4. The SMILES string of the molecule is Cl.[2H]C([2H])([2H])Oc1cc(CC(C)N)c(OC([2H])([2H])[2H])cc1Cl. The molecular formula is C11H17Cl2NO2. The Labute approximate surface area is 116 Å². The van der Waals surface area contributed by atoms with Gasteiger partial charge >= 0.3 is 0 Å². The van der Waals surface area contributed by atoms with Crippen LogP contribution in [0.5, 0.6) is 11.5 Å². The zero-order valence-electron chi connectivity index (χ0n) is 14.6. The summed E-state index contributed by atoms with van der Waals surface area (Å²) in [6.07, 6.45) is 0.278. The van der Waals surface area contributed by atoms with Crippen molar-refractivity contribution in [2.45, 2.75) is 19.4 Å². The third-order valence-corrected chi connectivity index (χ3v) is 2.17. The highest BCUT2D eigenvalue weighted by Crippen LogP contribution is 2.32. The molecular weight excluding hydrogens is 249 g/mol. The smallest absolute Gasteiger partial charge is 0.137 e. The zero-order valence-corrected chi connectivity index (χ0v) is 10.2. The first-order valence-corrected chi connectivity index (χ1v) is 4.71. The van der Waals surface area contributed by atoms with Crippen molar-refractivity contribution in [3.05, 3.63) is 22.7 Å². The number of methoxy groups -OCH3 is 2. The van der Waals surface area contributed by atoms with Crippen molar-refractivity contribution in [2.75, 3.05) is 14.1 Å². The molecule has 1 aromatic carbocycles. The summed E-state index contributed by atoms with van der Waals surface area (Å²) in [6, 6.07) is 2.26. The Kier molecular flexibility index (Phi) is 3.27. The van der Waals surface area contributed by atoms with Crippen LogP contribution >= 0.6 is 24.0 Å². The van der Waals surface area contributed by atoms with Gasteiger partial charge in [0.1, 0.15) is 11.5 Å². The average Bonchev–Trinajstić information content (AvgIpc) is 2.19. The van der Waals surface area contributed by atoms with Gasteiger partial charge in [-0.1, -0.05) is 11.6 Å². The van der Waals surface area contributed by atoms with Crippen molar-refractivity contribution < 1.29 is 17.7 Å². The first kappa shape index (κ1) is 7.64. The van der Waals surface area contributed by atoms with Gasteiger partial charge < -0.3 is 15.2 Å². The van der Waals surface area contributed by atoms with E-state index in [-0.39, 0.29) is 41.4 Å². The van der Waals surface area contributed by atoms with Gasteiger partial charge in [0.05, 0.1) is 27.3 Å². The fraction of sp³-hybridized carbons (Fsp3) is 0.455. The summed E-state index contributed by atoms with van der Waals surface area (Å²) in [5, 5.41) is -0.0567. The fourth-order valence-electron chi connectivity index (χ4n) is 1.26. The van der Waals surface area contributed by atoms with E-state index in [2.05, 4.69) is 0 Å². The topological polar surface area (TPSA) is 44.5 Å². The van der Waals surface area contributed by atoms with Gasteiger partial charge in [-0.25, -0.2) is 0 Å². The van der Waals surface area contributed by atoms with Crippen LogP contribution in [0, 0.1) is 0 Å². The molecule has 0 aliphatic rings. The van der Waals surface area contributed by atoms with E-state index in [0.29, 0.717) is 5.56 Å². The maximum atomic E-state index is 7.13. The number of hydrogen-bond donors (Lipinski definition) is 1. The molecule has 0 aliphatic carbocycles. The van der Waals surface area contributed by atoms with Crippen molar-refractivity contribution in [3.63, 3.8) is 0 Å². The Bertz CT molecular complexity index is 505. The van der Waals surface area contributed by atoms with E-state index >= 15 is 0 Å². The predicted molar refractivity (Wildman–Crippen MR) is 69.2 cm³/mol. The molecule has 0 heterocycles. The van der Waals surface area contributed by atoms with Crippen LogP contribution in [0.25, 0.3) is 0 Å². The van der Waals surface area contributed by atoms with Crippen LogP contribution in [-0.2, 0) is 6.42 Å². The van der Waals surface area contributed by atoms with Gasteiger partial charge in [-0.2, -0.15) is 0 Å².